The van der Waals surface area contributed by atoms with Crippen LogP contribution in [-0.2, 0) is 21.2 Å². The number of fused-ring (bicyclic) bond motifs is 1. The highest BCUT2D eigenvalue weighted by atomic mass is 32.2. The van der Waals surface area contributed by atoms with E-state index >= 15 is 0 Å². The van der Waals surface area contributed by atoms with Gasteiger partial charge in [-0.1, -0.05) is 6.07 Å². The smallest absolute Gasteiger partial charge is 0.323 e. The Morgan fingerprint density at radius 3 is 2.79 bits per heavy atom. The molecule has 1 aromatic carbocycles. The van der Waals surface area contributed by atoms with Gasteiger partial charge in [0.25, 0.3) is 0 Å². The van der Waals surface area contributed by atoms with E-state index in [4.69, 9.17) is 10.8 Å². The van der Waals surface area contributed by atoms with Crippen molar-refractivity contribution in [2.24, 2.45) is 0 Å². The third kappa shape index (κ3) is 2.25. The zero-order chi connectivity index (χ0) is 14.2. The lowest BCUT2D eigenvalue weighted by Gasteiger charge is -2.32. The van der Waals surface area contributed by atoms with Crippen LogP contribution in [0.5, 0.6) is 0 Å². The number of anilines is 2. The number of carboxylic acid groups (broad SMARTS) is 1. The van der Waals surface area contributed by atoms with E-state index in [1.54, 1.807) is 18.2 Å². The summed E-state index contributed by atoms with van der Waals surface area (Å²) in [5.74, 6) is -1.35. The van der Waals surface area contributed by atoms with Crippen LogP contribution in [0, 0.1) is 0 Å². The number of nitrogens with two attached hydrogens (primary N) is 1. The molecule has 7 heteroatoms. The second-order valence-corrected chi connectivity index (χ2v) is 6.72. The number of hydrogen-bond donors (Lipinski definition) is 2. The molecular weight excluding hydrogens is 268 g/mol. The van der Waals surface area contributed by atoms with Crippen molar-refractivity contribution < 1.29 is 18.3 Å². The molecule has 3 N–H and O–H groups in total. The fourth-order valence-electron chi connectivity index (χ4n) is 2.20. The molecule has 0 saturated heterocycles. The average Bonchev–Trinajstić information content (AvgIpc) is 2.37. The van der Waals surface area contributed by atoms with E-state index in [9.17, 15) is 13.2 Å². The zero-order valence-electron chi connectivity index (χ0n) is 10.5. The average molecular weight is 284 g/mol. The van der Waals surface area contributed by atoms with Crippen LogP contribution >= 0.6 is 0 Å². The molecule has 0 aliphatic carbocycles. The largest absolute Gasteiger partial charge is 0.480 e. The molecular formula is C12H16N2O4S. The Morgan fingerprint density at radius 2 is 2.16 bits per heavy atom. The molecule has 2 rings (SSSR count). The Labute approximate surface area is 111 Å². The number of rotatable bonds is 3. The van der Waals surface area contributed by atoms with Gasteiger partial charge in [0.1, 0.15) is 0 Å². The Bertz CT molecular complexity index is 612. The van der Waals surface area contributed by atoms with Gasteiger partial charge in [0.15, 0.2) is 5.25 Å². The quantitative estimate of drug-likeness (QED) is 0.800. The van der Waals surface area contributed by atoms with E-state index in [1.807, 2.05) is 0 Å². The van der Waals surface area contributed by atoms with Crippen molar-refractivity contribution in [1.29, 1.82) is 0 Å². The summed E-state index contributed by atoms with van der Waals surface area (Å²) in [5, 5.41) is 7.45. The molecule has 6 nitrogen and oxygen atoms in total. The van der Waals surface area contributed by atoms with Gasteiger partial charge in [0, 0.05) is 12.2 Å². The maximum atomic E-state index is 12.3. The summed E-state index contributed by atoms with van der Waals surface area (Å²) >= 11 is 0. The number of hydrogen-bond acceptors (Lipinski definition) is 4. The first-order valence-corrected chi connectivity index (χ1v) is 7.47. The van der Waals surface area contributed by atoms with Crippen molar-refractivity contribution in [1.82, 2.24) is 0 Å². The number of benzene rings is 1. The van der Waals surface area contributed by atoms with Crippen LogP contribution in [0.4, 0.5) is 11.4 Å². The van der Waals surface area contributed by atoms with Crippen LogP contribution in [0.15, 0.2) is 18.2 Å². The lowest BCUT2D eigenvalue weighted by atomic mass is 10.0. The molecule has 0 bridgehead atoms. The minimum atomic E-state index is -3.91. The van der Waals surface area contributed by atoms with E-state index < -0.39 is 21.2 Å². The molecule has 0 spiro atoms. The number of nitrogens with zero attached hydrogens (tertiary/aromatic N) is 1. The van der Waals surface area contributed by atoms with Crippen molar-refractivity contribution in [3.8, 4) is 0 Å². The van der Waals surface area contributed by atoms with Crippen LogP contribution < -0.4 is 10.0 Å². The highest BCUT2D eigenvalue weighted by molar-refractivity contribution is 7.94. The second kappa shape index (κ2) is 4.73. The predicted molar refractivity (Wildman–Crippen MR) is 72.5 cm³/mol. The Hall–Kier alpha value is -1.76. The lowest BCUT2D eigenvalue weighted by Crippen LogP contribution is -2.43. The molecule has 0 aromatic heterocycles. The van der Waals surface area contributed by atoms with E-state index in [2.05, 4.69) is 0 Å². The molecule has 0 fully saturated rings. The fraction of sp³-hybridized carbons (Fsp3) is 0.417. The number of carboxylic acids is 1. The van der Waals surface area contributed by atoms with Crippen LogP contribution in [0.25, 0.3) is 0 Å². The van der Waals surface area contributed by atoms with Crippen molar-refractivity contribution in [2.45, 2.75) is 25.0 Å². The van der Waals surface area contributed by atoms with Gasteiger partial charge in [0.05, 0.1) is 5.69 Å². The van der Waals surface area contributed by atoms with Gasteiger partial charge in [-0.3, -0.25) is 9.10 Å². The van der Waals surface area contributed by atoms with Gasteiger partial charge in [-0.05, 0) is 37.5 Å². The summed E-state index contributed by atoms with van der Waals surface area (Å²) in [6.45, 7) is 1.47. The number of nitrogen functional groups attached to an aromatic ring is 1. The summed E-state index contributed by atoms with van der Waals surface area (Å²) < 4.78 is 25.8. The SMILES string of the molecule is CC(C(=O)O)S(=O)(=O)N1CCCc2c(N)cccc21. The summed E-state index contributed by atoms with van der Waals surface area (Å²) in [4.78, 5) is 10.9. The molecule has 104 valence electrons. The van der Waals surface area contributed by atoms with Gasteiger partial charge < -0.3 is 10.8 Å². The summed E-state index contributed by atoms with van der Waals surface area (Å²) in [6.07, 6.45) is 1.34. The molecule has 1 aliphatic rings. The summed E-state index contributed by atoms with van der Waals surface area (Å²) in [7, 11) is -3.91. The molecule has 0 saturated carbocycles. The van der Waals surface area contributed by atoms with Gasteiger partial charge in [-0.15, -0.1) is 0 Å². The predicted octanol–water partition coefficient (Wildman–Crippen LogP) is 0.824. The summed E-state index contributed by atoms with van der Waals surface area (Å²) in [5.41, 5.74) is 7.66. The van der Waals surface area contributed by atoms with Crippen molar-refractivity contribution in [3.63, 3.8) is 0 Å². The summed E-state index contributed by atoms with van der Waals surface area (Å²) in [6, 6.07) is 5.06. The third-order valence-corrected chi connectivity index (χ3v) is 5.43. The first-order chi connectivity index (χ1) is 8.85. The highest BCUT2D eigenvalue weighted by Crippen LogP contribution is 2.33. The Balaban J connectivity index is 2.50. The van der Waals surface area contributed by atoms with Gasteiger partial charge >= 0.3 is 5.97 Å². The van der Waals surface area contributed by atoms with Crippen LogP contribution in [-0.4, -0.2) is 31.3 Å². The topological polar surface area (TPSA) is 101 Å². The van der Waals surface area contributed by atoms with E-state index in [1.165, 1.54) is 11.2 Å². The Kier molecular flexibility index (Phi) is 3.40. The van der Waals surface area contributed by atoms with E-state index in [0.29, 0.717) is 24.2 Å². The van der Waals surface area contributed by atoms with Crippen LogP contribution in [0.2, 0.25) is 0 Å². The van der Waals surface area contributed by atoms with Crippen molar-refractivity contribution in [3.05, 3.63) is 23.8 Å². The highest BCUT2D eigenvalue weighted by Gasteiger charge is 2.36. The maximum Gasteiger partial charge on any atom is 0.323 e. The molecule has 0 radical (unpaired) electrons. The van der Waals surface area contributed by atoms with Gasteiger partial charge in [-0.25, -0.2) is 8.42 Å². The standard InChI is InChI=1S/C12H16N2O4S/c1-8(12(15)16)19(17,18)14-7-3-4-9-10(13)5-2-6-11(9)14/h2,5-6,8H,3-4,7,13H2,1H3,(H,15,16). The van der Waals surface area contributed by atoms with Crippen molar-refractivity contribution in [2.75, 3.05) is 16.6 Å². The fourth-order valence-corrected chi connectivity index (χ4v) is 3.67. The number of aliphatic carboxylic acids is 1. The molecule has 1 heterocycles. The normalized spacial score (nSPS) is 16.8. The van der Waals surface area contributed by atoms with Crippen LogP contribution in [0.3, 0.4) is 0 Å². The van der Waals surface area contributed by atoms with Crippen molar-refractivity contribution >= 4 is 27.4 Å². The third-order valence-electron chi connectivity index (χ3n) is 3.35. The molecule has 1 aromatic rings. The molecule has 1 atom stereocenters. The monoisotopic (exact) mass is 284 g/mol. The van der Waals surface area contributed by atoms with E-state index in [0.717, 1.165) is 5.56 Å². The van der Waals surface area contributed by atoms with Crippen LogP contribution in [0.1, 0.15) is 18.9 Å². The van der Waals surface area contributed by atoms with E-state index in [-0.39, 0.29) is 6.54 Å². The first-order valence-electron chi connectivity index (χ1n) is 5.97. The molecule has 1 unspecified atom stereocenters. The Morgan fingerprint density at radius 1 is 1.47 bits per heavy atom. The first kappa shape index (κ1) is 13.7. The van der Waals surface area contributed by atoms with Gasteiger partial charge in [-0.2, -0.15) is 0 Å². The molecule has 0 amide bonds. The zero-order valence-corrected chi connectivity index (χ0v) is 11.4. The number of sulfonamides is 1. The minimum absolute atomic E-state index is 0.288. The molecule has 19 heavy (non-hydrogen) atoms. The molecule has 1 aliphatic heterocycles. The second-order valence-electron chi connectivity index (χ2n) is 4.55. The lowest BCUT2D eigenvalue weighted by molar-refractivity contribution is -0.136. The minimum Gasteiger partial charge on any atom is -0.480 e. The maximum absolute atomic E-state index is 12.3. The van der Waals surface area contributed by atoms with Gasteiger partial charge in [0.2, 0.25) is 10.0 Å². The number of carbonyl (C=O) groups is 1.